The number of thiocarbonyl (C=S) groups is 1. The van der Waals surface area contributed by atoms with Crippen molar-refractivity contribution in [3.05, 3.63) is 60.2 Å². The molecule has 2 N–H and O–H groups in total. The topological polar surface area (TPSA) is 36.5 Å². The van der Waals surface area contributed by atoms with Crippen LogP contribution < -0.4 is 15.4 Å². The highest BCUT2D eigenvalue weighted by atomic mass is 32.1. The minimum absolute atomic E-state index is 0.129. The van der Waals surface area contributed by atoms with Crippen LogP contribution in [0.3, 0.4) is 0 Å². The quantitative estimate of drug-likeness (QED) is 0.750. The maximum absolute atomic E-state index is 5.48. The van der Waals surface area contributed by atoms with Gasteiger partial charge in [-0.25, -0.2) is 0 Å². The maximum atomic E-state index is 5.48. The van der Waals surface area contributed by atoms with E-state index in [0.29, 0.717) is 11.7 Å². The Morgan fingerprint density at radius 3 is 2.33 bits per heavy atom. The summed E-state index contributed by atoms with van der Waals surface area (Å²) in [6.45, 7) is 3.49. The first kappa shape index (κ1) is 18.2. The molecule has 0 spiro atoms. The molecule has 1 atom stereocenters. The fourth-order valence-electron chi connectivity index (χ4n) is 2.41. The third-order valence-corrected chi connectivity index (χ3v) is 3.70. The zero-order valence-electron chi connectivity index (χ0n) is 14.5. The number of rotatable bonds is 7. The molecule has 0 saturated carbocycles. The predicted octanol–water partition coefficient (Wildman–Crippen LogP) is 3.67. The van der Waals surface area contributed by atoms with Gasteiger partial charge in [0.05, 0.1) is 12.6 Å². The molecule has 0 saturated heterocycles. The Balaban J connectivity index is 1.99. The summed E-state index contributed by atoms with van der Waals surface area (Å²) in [6, 6.07) is 18.2. The van der Waals surface area contributed by atoms with Gasteiger partial charge in [-0.15, -0.1) is 0 Å². The van der Waals surface area contributed by atoms with E-state index < -0.39 is 0 Å². The molecular weight excluding hydrogens is 318 g/mol. The molecule has 0 heterocycles. The first-order valence-electron chi connectivity index (χ1n) is 8.08. The molecular formula is C19H25N3OS. The minimum atomic E-state index is 0.129. The highest BCUT2D eigenvalue weighted by Gasteiger charge is 2.13. The Morgan fingerprint density at radius 2 is 1.75 bits per heavy atom. The van der Waals surface area contributed by atoms with E-state index in [0.717, 1.165) is 18.0 Å². The van der Waals surface area contributed by atoms with Crippen molar-refractivity contribution in [3.8, 4) is 5.75 Å². The Bertz CT molecular complexity index is 629. The van der Waals surface area contributed by atoms with Crippen LogP contribution in [0, 0.1) is 0 Å². The van der Waals surface area contributed by atoms with Crippen LogP contribution in [0.15, 0.2) is 54.6 Å². The molecule has 0 aromatic heterocycles. The third-order valence-electron chi connectivity index (χ3n) is 3.48. The highest BCUT2D eigenvalue weighted by molar-refractivity contribution is 7.80. The van der Waals surface area contributed by atoms with Gasteiger partial charge in [0, 0.05) is 12.2 Å². The Hall–Kier alpha value is -2.11. The van der Waals surface area contributed by atoms with Gasteiger partial charge >= 0.3 is 0 Å². The summed E-state index contributed by atoms with van der Waals surface area (Å²) in [5, 5.41) is 7.24. The molecule has 0 bridgehead atoms. The molecule has 2 aromatic carbocycles. The Kier molecular flexibility index (Phi) is 7.03. The molecule has 2 rings (SSSR count). The summed E-state index contributed by atoms with van der Waals surface area (Å²) in [4.78, 5) is 2.14. The number of ether oxygens (including phenoxy) is 1. The lowest BCUT2D eigenvalue weighted by atomic mass is 10.1. The summed E-state index contributed by atoms with van der Waals surface area (Å²) in [5.74, 6) is 0.858. The lowest BCUT2D eigenvalue weighted by Gasteiger charge is -2.24. The van der Waals surface area contributed by atoms with Gasteiger partial charge in [-0.05, 0) is 63.1 Å². The second-order valence-corrected chi connectivity index (χ2v) is 6.19. The van der Waals surface area contributed by atoms with Crippen molar-refractivity contribution >= 4 is 23.0 Å². The summed E-state index contributed by atoms with van der Waals surface area (Å²) in [7, 11) is 4.11. The van der Waals surface area contributed by atoms with E-state index >= 15 is 0 Å². The van der Waals surface area contributed by atoms with Crippen molar-refractivity contribution in [1.82, 2.24) is 10.2 Å². The van der Waals surface area contributed by atoms with Crippen molar-refractivity contribution in [3.63, 3.8) is 0 Å². The van der Waals surface area contributed by atoms with Gasteiger partial charge in [0.1, 0.15) is 5.75 Å². The van der Waals surface area contributed by atoms with Crippen molar-refractivity contribution < 1.29 is 4.74 Å². The molecule has 0 aliphatic heterocycles. The van der Waals surface area contributed by atoms with E-state index in [1.165, 1.54) is 5.56 Å². The molecule has 0 unspecified atom stereocenters. The van der Waals surface area contributed by atoms with Gasteiger partial charge in [0.25, 0.3) is 0 Å². The van der Waals surface area contributed by atoms with Crippen LogP contribution >= 0.6 is 12.2 Å². The van der Waals surface area contributed by atoms with E-state index in [2.05, 4.69) is 41.8 Å². The zero-order chi connectivity index (χ0) is 17.4. The van der Waals surface area contributed by atoms with Gasteiger partial charge < -0.3 is 20.3 Å². The van der Waals surface area contributed by atoms with Gasteiger partial charge in [-0.1, -0.05) is 30.3 Å². The van der Waals surface area contributed by atoms with Crippen LogP contribution in [-0.2, 0) is 0 Å². The van der Waals surface area contributed by atoms with Crippen LogP contribution in [0.1, 0.15) is 18.5 Å². The fraction of sp³-hybridized carbons (Fsp3) is 0.316. The fourth-order valence-corrected chi connectivity index (χ4v) is 2.67. The summed E-state index contributed by atoms with van der Waals surface area (Å²) in [6.07, 6.45) is 0. The first-order chi connectivity index (χ1) is 11.6. The predicted molar refractivity (Wildman–Crippen MR) is 105 cm³/mol. The second kappa shape index (κ2) is 9.25. The van der Waals surface area contributed by atoms with Crippen molar-refractivity contribution in [2.75, 3.05) is 32.6 Å². The average molecular weight is 343 g/mol. The normalized spacial score (nSPS) is 11.8. The molecule has 0 amide bonds. The van der Waals surface area contributed by atoms with E-state index in [4.69, 9.17) is 17.0 Å². The standard InChI is InChI=1S/C19H25N3OS/c1-4-23-17-12-10-16(11-13-17)20-19(24)21-18(14-22(2)3)15-8-6-5-7-9-15/h5-13,18H,4,14H2,1-3H3,(H2,20,21,24)/t18-/m0/s1. The molecule has 128 valence electrons. The van der Waals surface area contributed by atoms with Gasteiger partial charge in [-0.3, -0.25) is 0 Å². The number of hydrogen-bond donors (Lipinski definition) is 2. The van der Waals surface area contributed by atoms with Crippen LogP contribution in [0.4, 0.5) is 5.69 Å². The summed E-state index contributed by atoms with van der Waals surface area (Å²) >= 11 is 5.48. The lowest BCUT2D eigenvalue weighted by molar-refractivity contribution is 0.340. The smallest absolute Gasteiger partial charge is 0.171 e. The summed E-state index contributed by atoms with van der Waals surface area (Å²) in [5.41, 5.74) is 2.15. The van der Waals surface area contributed by atoms with Gasteiger partial charge in [0.2, 0.25) is 0 Å². The Morgan fingerprint density at radius 1 is 1.08 bits per heavy atom. The monoisotopic (exact) mass is 343 g/mol. The highest BCUT2D eigenvalue weighted by Crippen LogP contribution is 2.17. The van der Waals surface area contributed by atoms with Gasteiger partial charge in [-0.2, -0.15) is 0 Å². The average Bonchev–Trinajstić information content (AvgIpc) is 2.57. The van der Waals surface area contributed by atoms with E-state index in [1.807, 2.05) is 49.4 Å². The van der Waals surface area contributed by atoms with Crippen molar-refractivity contribution in [2.24, 2.45) is 0 Å². The van der Waals surface area contributed by atoms with Crippen molar-refractivity contribution in [1.29, 1.82) is 0 Å². The molecule has 24 heavy (non-hydrogen) atoms. The van der Waals surface area contributed by atoms with E-state index in [9.17, 15) is 0 Å². The van der Waals surface area contributed by atoms with Crippen LogP contribution in [0.5, 0.6) is 5.75 Å². The number of hydrogen-bond acceptors (Lipinski definition) is 3. The zero-order valence-corrected chi connectivity index (χ0v) is 15.3. The summed E-state index contributed by atoms with van der Waals surface area (Å²) < 4.78 is 5.45. The molecule has 5 heteroatoms. The molecule has 2 aromatic rings. The number of nitrogens with one attached hydrogen (secondary N) is 2. The number of nitrogens with zero attached hydrogens (tertiary/aromatic N) is 1. The maximum Gasteiger partial charge on any atom is 0.171 e. The Labute approximate surface area is 149 Å². The number of likely N-dealkylation sites (N-methyl/N-ethyl adjacent to an activating group) is 1. The lowest BCUT2D eigenvalue weighted by Crippen LogP contribution is -2.37. The molecule has 0 radical (unpaired) electrons. The largest absolute Gasteiger partial charge is 0.494 e. The third kappa shape index (κ3) is 5.83. The molecule has 0 fully saturated rings. The first-order valence-corrected chi connectivity index (χ1v) is 8.49. The molecule has 0 aliphatic rings. The number of anilines is 1. The van der Waals surface area contributed by atoms with Crippen LogP contribution in [-0.4, -0.2) is 37.3 Å². The van der Waals surface area contributed by atoms with Crippen LogP contribution in [0.2, 0.25) is 0 Å². The molecule has 0 aliphatic carbocycles. The minimum Gasteiger partial charge on any atom is -0.494 e. The van der Waals surface area contributed by atoms with Crippen molar-refractivity contribution in [2.45, 2.75) is 13.0 Å². The second-order valence-electron chi connectivity index (χ2n) is 5.78. The SMILES string of the molecule is CCOc1ccc(NC(=S)N[C@@H](CN(C)C)c2ccccc2)cc1. The molecule has 4 nitrogen and oxygen atoms in total. The van der Waals surface area contributed by atoms with Crippen LogP contribution in [0.25, 0.3) is 0 Å². The van der Waals surface area contributed by atoms with E-state index in [1.54, 1.807) is 0 Å². The van der Waals surface area contributed by atoms with E-state index in [-0.39, 0.29) is 6.04 Å². The van der Waals surface area contributed by atoms with Gasteiger partial charge in [0.15, 0.2) is 5.11 Å². The number of benzene rings is 2.